The summed E-state index contributed by atoms with van der Waals surface area (Å²) in [7, 11) is 0. The van der Waals surface area contributed by atoms with Gasteiger partial charge in [-0.1, -0.05) is 47.9 Å². The van der Waals surface area contributed by atoms with E-state index in [2.05, 4.69) is 17.4 Å². The molecule has 1 N–H and O–H groups in total. The van der Waals surface area contributed by atoms with E-state index >= 15 is 0 Å². The number of amides is 1. The number of nitrogens with zero attached hydrogens (tertiary/aromatic N) is 1. The SMILES string of the molecule is CCc1ccc(OCC(=O)NCc2cc(-c3ccc(Cl)cc3)no2)cc1. The fourth-order valence-corrected chi connectivity index (χ4v) is 2.49. The molecule has 0 spiro atoms. The van der Waals surface area contributed by atoms with Crippen LogP contribution >= 0.6 is 11.6 Å². The number of rotatable bonds is 7. The van der Waals surface area contributed by atoms with Gasteiger partial charge in [0.1, 0.15) is 11.4 Å². The van der Waals surface area contributed by atoms with Crippen LogP contribution < -0.4 is 10.1 Å². The Labute approximate surface area is 156 Å². The standard InChI is InChI=1S/C20H19ClN2O3/c1-2-14-3-9-17(10-4-14)25-13-20(24)22-12-18-11-19(23-26-18)15-5-7-16(21)8-6-15/h3-11H,2,12-13H2,1H3,(H,22,24). The maximum Gasteiger partial charge on any atom is 0.258 e. The maximum absolute atomic E-state index is 11.9. The van der Waals surface area contributed by atoms with Crippen molar-refractivity contribution in [3.8, 4) is 17.0 Å². The van der Waals surface area contributed by atoms with E-state index in [9.17, 15) is 4.79 Å². The first kappa shape index (κ1) is 18.0. The molecule has 0 aliphatic rings. The van der Waals surface area contributed by atoms with Crippen LogP contribution in [0.2, 0.25) is 5.02 Å². The average Bonchev–Trinajstić information content (AvgIpc) is 3.14. The van der Waals surface area contributed by atoms with E-state index in [-0.39, 0.29) is 19.1 Å². The highest BCUT2D eigenvalue weighted by molar-refractivity contribution is 6.30. The van der Waals surface area contributed by atoms with Crippen LogP contribution in [0.15, 0.2) is 59.1 Å². The fraction of sp³-hybridized carbons (Fsp3) is 0.200. The van der Waals surface area contributed by atoms with Crippen molar-refractivity contribution in [3.63, 3.8) is 0 Å². The zero-order chi connectivity index (χ0) is 18.4. The first-order chi connectivity index (χ1) is 12.6. The van der Waals surface area contributed by atoms with E-state index in [0.717, 1.165) is 12.0 Å². The second-order valence-electron chi connectivity index (χ2n) is 5.75. The van der Waals surface area contributed by atoms with Gasteiger partial charge in [-0.15, -0.1) is 0 Å². The van der Waals surface area contributed by atoms with Crippen LogP contribution in [0.25, 0.3) is 11.3 Å². The van der Waals surface area contributed by atoms with E-state index < -0.39 is 0 Å². The van der Waals surface area contributed by atoms with Crippen molar-refractivity contribution in [2.75, 3.05) is 6.61 Å². The molecule has 0 aliphatic carbocycles. The summed E-state index contributed by atoms with van der Waals surface area (Å²) in [6.45, 7) is 2.28. The molecule has 0 unspecified atom stereocenters. The lowest BCUT2D eigenvalue weighted by atomic mass is 10.1. The van der Waals surface area contributed by atoms with Gasteiger partial charge < -0.3 is 14.6 Å². The molecule has 3 rings (SSSR count). The van der Waals surface area contributed by atoms with Crippen molar-refractivity contribution >= 4 is 17.5 Å². The van der Waals surface area contributed by atoms with E-state index in [0.29, 0.717) is 22.2 Å². The zero-order valence-electron chi connectivity index (χ0n) is 14.4. The Kier molecular flexibility index (Phi) is 5.92. The third-order valence-electron chi connectivity index (χ3n) is 3.86. The predicted molar refractivity (Wildman–Crippen MR) is 100 cm³/mol. The molecule has 5 nitrogen and oxygen atoms in total. The lowest BCUT2D eigenvalue weighted by Crippen LogP contribution is -2.28. The molecule has 6 heteroatoms. The minimum Gasteiger partial charge on any atom is -0.484 e. The van der Waals surface area contributed by atoms with E-state index in [1.54, 1.807) is 18.2 Å². The number of aryl methyl sites for hydroxylation is 1. The van der Waals surface area contributed by atoms with Crippen LogP contribution in [0, 0.1) is 0 Å². The summed E-state index contributed by atoms with van der Waals surface area (Å²) in [5.74, 6) is 1.01. The van der Waals surface area contributed by atoms with Gasteiger partial charge in [0.05, 0.1) is 6.54 Å². The molecule has 0 bridgehead atoms. The number of hydrogen-bond donors (Lipinski definition) is 1. The number of ether oxygens (including phenoxy) is 1. The Morgan fingerprint density at radius 3 is 2.58 bits per heavy atom. The summed E-state index contributed by atoms with van der Waals surface area (Å²) in [5.41, 5.74) is 2.82. The smallest absolute Gasteiger partial charge is 0.258 e. The highest BCUT2D eigenvalue weighted by atomic mass is 35.5. The van der Waals surface area contributed by atoms with Gasteiger partial charge in [0.25, 0.3) is 5.91 Å². The van der Waals surface area contributed by atoms with E-state index in [4.69, 9.17) is 20.9 Å². The van der Waals surface area contributed by atoms with Crippen molar-refractivity contribution in [2.45, 2.75) is 19.9 Å². The largest absolute Gasteiger partial charge is 0.484 e. The van der Waals surface area contributed by atoms with Crippen LogP contribution in [-0.4, -0.2) is 17.7 Å². The molecule has 1 amide bonds. The summed E-state index contributed by atoms with van der Waals surface area (Å²) in [4.78, 5) is 11.9. The second-order valence-corrected chi connectivity index (χ2v) is 6.18. The summed E-state index contributed by atoms with van der Waals surface area (Å²) in [6.07, 6.45) is 0.968. The van der Waals surface area contributed by atoms with Crippen molar-refractivity contribution in [1.29, 1.82) is 0 Å². The Hall–Kier alpha value is -2.79. The minimum absolute atomic E-state index is 0.0519. The number of halogens is 1. The first-order valence-electron chi connectivity index (χ1n) is 8.34. The van der Waals surface area contributed by atoms with Gasteiger partial charge in [0, 0.05) is 16.7 Å². The highest BCUT2D eigenvalue weighted by Crippen LogP contribution is 2.21. The Morgan fingerprint density at radius 1 is 1.15 bits per heavy atom. The molecule has 0 atom stereocenters. The summed E-state index contributed by atoms with van der Waals surface area (Å²) >= 11 is 5.87. The molecule has 26 heavy (non-hydrogen) atoms. The van der Waals surface area contributed by atoms with Crippen LogP contribution in [0.1, 0.15) is 18.2 Å². The van der Waals surface area contributed by atoms with Crippen molar-refractivity contribution in [3.05, 3.63) is 70.9 Å². The second kappa shape index (κ2) is 8.54. The number of aromatic nitrogens is 1. The predicted octanol–water partition coefficient (Wildman–Crippen LogP) is 4.25. The summed E-state index contributed by atoms with van der Waals surface area (Å²) < 4.78 is 10.7. The van der Waals surface area contributed by atoms with Gasteiger partial charge in [-0.25, -0.2) is 0 Å². The lowest BCUT2D eigenvalue weighted by molar-refractivity contribution is -0.123. The topological polar surface area (TPSA) is 64.4 Å². The van der Waals surface area contributed by atoms with Gasteiger partial charge in [0.15, 0.2) is 12.4 Å². The molecule has 0 saturated carbocycles. The van der Waals surface area contributed by atoms with Crippen LogP contribution in [0.3, 0.4) is 0 Å². The fourth-order valence-electron chi connectivity index (χ4n) is 2.36. The van der Waals surface area contributed by atoms with Crippen molar-refractivity contribution in [1.82, 2.24) is 10.5 Å². The lowest BCUT2D eigenvalue weighted by Gasteiger charge is -2.07. The van der Waals surface area contributed by atoms with E-state index in [1.807, 2.05) is 36.4 Å². The average molecular weight is 371 g/mol. The molecule has 0 saturated heterocycles. The molecule has 0 aliphatic heterocycles. The number of carbonyl (C=O) groups excluding carboxylic acids is 1. The van der Waals surface area contributed by atoms with Crippen LogP contribution in [-0.2, 0) is 17.8 Å². The Morgan fingerprint density at radius 2 is 1.88 bits per heavy atom. The summed E-state index contributed by atoms with van der Waals surface area (Å²) in [5, 5.41) is 7.41. The number of benzene rings is 2. The molecule has 2 aromatic carbocycles. The first-order valence-corrected chi connectivity index (χ1v) is 8.72. The molecule has 1 aromatic heterocycles. The van der Waals surface area contributed by atoms with Crippen LogP contribution in [0.4, 0.5) is 0 Å². The highest BCUT2D eigenvalue weighted by Gasteiger charge is 2.09. The number of carbonyl (C=O) groups is 1. The number of hydrogen-bond acceptors (Lipinski definition) is 4. The molecular weight excluding hydrogens is 352 g/mol. The zero-order valence-corrected chi connectivity index (χ0v) is 15.1. The molecule has 134 valence electrons. The van der Waals surface area contributed by atoms with Gasteiger partial charge >= 0.3 is 0 Å². The third kappa shape index (κ3) is 4.86. The van der Waals surface area contributed by atoms with Crippen LogP contribution in [0.5, 0.6) is 5.75 Å². The minimum atomic E-state index is -0.228. The summed E-state index contributed by atoms with van der Waals surface area (Å²) in [6, 6.07) is 16.8. The maximum atomic E-state index is 11.9. The molecule has 0 radical (unpaired) electrons. The quantitative estimate of drug-likeness (QED) is 0.675. The molecular formula is C20H19ClN2O3. The number of nitrogens with one attached hydrogen (secondary N) is 1. The molecule has 0 fully saturated rings. The van der Waals surface area contributed by atoms with Crippen molar-refractivity contribution in [2.24, 2.45) is 0 Å². The normalized spacial score (nSPS) is 10.5. The third-order valence-corrected chi connectivity index (χ3v) is 4.11. The molecule has 3 aromatic rings. The van der Waals surface area contributed by atoms with Crippen molar-refractivity contribution < 1.29 is 14.1 Å². The van der Waals surface area contributed by atoms with Gasteiger partial charge in [-0.05, 0) is 36.2 Å². The monoisotopic (exact) mass is 370 g/mol. The Bertz CT molecular complexity index is 858. The van der Waals surface area contributed by atoms with Gasteiger partial charge in [-0.3, -0.25) is 4.79 Å². The molecule has 1 heterocycles. The van der Waals surface area contributed by atoms with E-state index in [1.165, 1.54) is 5.56 Å². The van der Waals surface area contributed by atoms with Gasteiger partial charge in [-0.2, -0.15) is 0 Å². The van der Waals surface area contributed by atoms with Gasteiger partial charge in [0.2, 0.25) is 0 Å². The Balaban J connectivity index is 1.47.